The van der Waals surface area contributed by atoms with Crippen LogP contribution in [-0.2, 0) is 14.8 Å². The van der Waals surface area contributed by atoms with E-state index in [2.05, 4.69) is 15.4 Å². The van der Waals surface area contributed by atoms with Crippen LogP contribution in [-0.4, -0.2) is 33.7 Å². The molecule has 1 saturated heterocycles. The van der Waals surface area contributed by atoms with Crippen molar-refractivity contribution in [3.8, 4) is 0 Å². The average molecular weight is 329 g/mol. The third-order valence-corrected chi connectivity index (χ3v) is 4.07. The molecule has 8 heteroatoms. The van der Waals surface area contributed by atoms with Gasteiger partial charge in [0.1, 0.15) is 5.82 Å². The Morgan fingerprint density at radius 1 is 1.36 bits per heavy atom. The minimum absolute atomic E-state index is 0.149. The largest absolute Gasteiger partial charge is 0.326 e. The highest BCUT2D eigenvalue weighted by Gasteiger charge is 2.17. The van der Waals surface area contributed by atoms with Crippen molar-refractivity contribution in [1.82, 2.24) is 5.32 Å². The van der Waals surface area contributed by atoms with E-state index in [-0.39, 0.29) is 11.6 Å². The van der Waals surface area contributed by atoms with E-state index in [0.717, 1.165) is 38.3 Å². The molecule has 1 aromatic carbocycles. The molecule has 0 aliphatic carbocycles. The fraction of sp³-hybridized carbons (Fsp3) is 0.500. The second-order valence-corrected chi connectivity index (χ2v) is 7.26. The normalized spacial score (nSPS) is 16.3. The summed E-state index contributed by atoms with van der Waals surface area (Å²) in [5, 5.41) is 5.92. The predicted molar refractivity (Wildman–Crippen MR) is 83.7 cm³/mol. The lowest BCUT2D eigenvalue weighted by molar-refractivity contribution is -0.117. The van der Waals surface area contributed by atoms with E-state index < -0.39 is 15.8 Å². The number of anilines is 2. The van der Waals surface area contributed by atoms with Crippen LogP contribution in [0.4, 0.5) is 15.8 Å². The van der Waals surface area contributed by atoms with E-state index in [9.17, 15) is 17.6 Å². The van der Waals surface area contributed by atoms with E-state index in [1.807, 2.05) is 0 Å². The number of piperidine rings is 1. The number of carbonyl (C=O) groups is 1. The SMILES string of the molecule is CS(=O)(=O)Nc1cc(NC(=O)CC2CCNCC2)ccc1F. The summed E-state index contributed by atoms with van der Waals surface area (Å²) in [6.45, 7) is 1.83. The fourth-order valence-electron chi connectivity index (χ4n) is 2.44. The number of rotatable bonds is 5. The van der Waals surface area contributed by atoms with E-state index >= 15 is 0 Å². The molecule has 0 radical (unpaired) electrons. The molecule has 6 nitrogen and oxygen atoms in total. The molecular formula is C14H20FN3O3S. The monoisotopic (exact) mass is 329 g/mol. The van der Waals surface area contributed by atoms with Gasteiger partial charge in [-0.1, -0.05) is 0 Å². The van der Waals surface area contributed by atoms with Gasteiger partial charge in [0.15, 0.2) is 0 Å². The maximum Gasteiger partial charge on any atom is 0.229 e. The van der Waals surface area contributed by atoms with Crippen LogP contribution in [0.1, 0.15) is 19.3 Å². The van der Waals surface area contributed by atoms with Crippen molar-refractivity contribution in [2.24, 2.45) is 5.92 Å². The summed E-state index contributed by atoms with van der Waals surface area (Å²) in [7, 11) is -3.58. The van der Waals surface area contributed by atoms with Crippen LogP contribution >= 0.6 is 0 Å². The first-order valence-corrected chi connectivity index (χ1v) is 9.00. The zero-order valence-electron chi connectivity index (χ0n) is 12.4. The number of benzene rings is 1. The van der Waals surface area contributed by atoms with Crippen molar-refractivity contribution in [2.75, 3.05) is 29.4 Å². The smallest absolute Gasteiger partial charge is 0.229 e. The van der Waals surface area contributed by atoms with Gasteiger partial charge in [0.25, 0.3) is 0 Å². The summed E-state index contributed by atoms with van der Waals surface area (Å²) in [4.78, 5) is 12.0. The predicted octanol–water partition coefficient (Wildman–Crippen LogP) is 1.53. The van der Waals surface area contributed by atoms with Gasteiger partial charge in [0.2, 0.25) is 15.9 Å². The molecule has 0 atom stereocenters. The molecule has 1 aromatic rings. The summed E-state index contributed by atoms with van der Waals surface area (Å²) >= 11 is 0. The van der Waals surface area contributed by atoms with Gasteiger partial charge in [-0.2, -0.15) is 0 Å². The molecule has 2 rings (SSSR count). The van der Waals surface area contributed by atoms with Gasteiger partial charge in [-0.15, -0.1) is 0 Å². The Hall–Kier alpha value is -1.67. The molecule has 0 aromatic heterocycles. The topological polar surface area (TPSA) is 87.3 Å². The quantitative estimate of drug-likeness (QED) is 0.764. The highest BCUT2D eigenvalue weighted by Crippen LogP contribution is 2.22. The Morgan fingerprint density at radius 2 is 2.05 bits per heavy atom. The Labute approximate surface area is 129 Å². The van der Waals surface area contributed by atoms with Crippen molar-refractivity contribution in [2.45, 2.75) is 19.3 Å². The molecule has 1 fully saturated rings. The molecule has 0 bridgehead atoms. The number of hydrogen-bond donors (Lipinski definition) is 3. The Balaban J connectivity index is 1.99. The van der Waals surface area contributed by atoms with E-state index in [4.69, 9.17) is 0 Å². The number of halogens is 1. The van der Waals surface area contributed by atoms with Gasteiger partial charge < -0.3 is 10.6 Å². The zero-order valence-corrected chi connectivity index (χ0v) is 13.2. The number of nitrogens with one attached hydrogen (secondary N) is 3. The Morgan fingerprint density at radius 3 is 2.68 bits per heavy atom. The lowest BCUT2D eigenvalue weighted by Crippen LogP contribution is -2.30. The molecule has 122 valence electrons. The Bertz CT molecular complexity index is 643. The van der Waals surface area contributed by atoms with Crippen molar-refractivity contribution in [3.63, 3.8) is 0 Å². The lowest BCUT2D eigenvalue weighted by Gasteiger charge is -2.22. The van der Waals surface area contributed by atoms with Gasteiger partial charge in [0, 0.05) is 12.1 Å². The standard InChI is InChI=1S/C14H20FN3O3S/c1-22(20,21)18-13-9-11(2-3-12(13)15)17-14(19)8-10-4-6-16-7-5-10/h2-3,9-10,16,18H,4-8H2,1H3,(H,17,19). The molecule has 1 heterocycles. The summed E-state index contributed by atoms with van der Waals surface area (Å²) in [6, 6.07) is 3.80. The minimum atomic E-state index is -3.58. The van der Waals surface area contributed by atoms with Gasteiger partial charge in [-0.05, 0) is 50.0 Å². The first-order chi connectivity index (χ1) is 10.3. The van der Waals surface area contributed by atoms with Crippen LogP contribution in [0.2, 0.25) is 0 Å². The van der Waals surface area contributed by atoms with Gasteiger partial charge in [-0.3, -0.25) is 9.52 Å². The van der Waals surface area contributed by atoms with E-state index in [1.165, 1.54) is 12.1 Å². The minimum Gasteiger partial charge on any atom is -0.326 e. The summed E-state index contributed by atoms with van der Waals surface area (Å²) < 4.78 is 38.0. The van der Waals surface area contributed by atoms with Crippen LogP contribution in [0.3, 0.4) is 0 Å². The van der Waals surface area contributed by atoms with Crippen LogP contribution in [0.25, 0.3) is 0 Å². The second kappa shape index (κ2) is 7.06. The summed E-state index contributed by atoms with van der Waals surface area (Å²) in [5.74, 6) is -0.499. The zero-order chi connectivity index (χ0) is 16.2. The van der Waals surface area contributed by atoms with Gasteiger partial charge >= 0.3 is 0 Å². The molecule has 0 unspecified atom stereocenters. The second-order valence-electron chi connectivity index (χ2n) is 5.51. The van der Waals surface area contributed by atoms with Crippen LogP contribution in [0, 0.1) is 11.7 Å². The summed E-state index contributed by atoms with van der Waals surface area (Å²) in [5.41, 5.74) is 0.189. The molecule has 0 saturated carbocycles. The molecule has 1 aliphatic heterocycles. The maximum absolute atomic E-state index is 13.6. The Kier molecular flexibility index (Phi) is 5.36. The first kappa shape index (κ1) is 16.7. The summed E-state index contributed by atoms with van der Waals surface area (Å²) in [6.07, 6.45) is 3.26. The van der Waals surface area contributed by atoms with Crippen LogP contribution in [0.5, 0.6) is 0 Å². The van der Waals surface area contributed by atoms with Crippen LogP contribution in [0.15, 0.2) is 18.2 Å². The molecule has 1 aliphatic rings. The van der Waals surface area contributed by atoms with Crippen molar-refractivity contribution >= 4 is 27.3 Å². The van der Waals surface area contributed by atoms with E-state index in [0.29, 0.717) is 18.0 Å². The maximum atomic E-state index is 13.6. The fourth-order valence-corrected chi connectivity index (χ4v) is 3.00. The molecule has 0 spiro atoms. The number of hydrogen-bond acceptors (Lipinski definition) is 4. The number of carbonyl (C=O) groups excluding carboxylic acids is 1. The molecule has 22 heavy (non-hydrogen) atoms. The van der Waals surface area contributed by atoms with Gasteiger partial charge in [0.05, 0.1) is 11.9 Å². The van der Waals surface area contributed by atoms with Crippen molar-refractivity contribution < 1.29 is 17.6 Å². The molecule has 1 amide bonds. The van der Waals surface area contributed by atoms with Crippen molar-refractivity contribution in [3.05, 3.63) is 24.0 Å². The number of amides is 1. The third kappa shape index (κ3) is 5.27. The van der Waals surface area contributed by atoms with Crippen molar-refractivity contribution in [1.29, 1.82) is 0 Å². The first-order valence-electron chi connectivity index (χ1n) is 7.11. The van der Waals surface area contributed by atoms with E-state index in [1.54, 1.807) is 0 Å². The average Bonchev–Trinajstić information content (AvgIpc) is 2.42. The molecular weight excluding hydrogens is 309 g/mol. The van der Waals surface area contributed by atoms with Crippen LogP contribution < -0.4 is 15.4 Å². The highest BCUT2D eigenvalue weighted by molar-refractivity contribution is 7.92. The molecule has 3 N–H and O–H groups in total. The van der Waals surface area contributed by atoms with Gasteiger partial charge in [-0.25, -0.2) is 12.8 Å². The lowest BCUT2D eigenvalue weighted by atomic mass is 9.94. The highest BCUT2D eigenvalue weighted by atomic mass is 32.2. The third-order valence-electron chi connectivity index (χ3n) is 3.48. The number of sulfonamides is 1.